The molecular formula is C17H22F2N4O3. The summed E-state index contributed by atoms with van der Waals surface area (Å²) < 4.78 is 31.0. The highest BCUT2D eigenvalue weighted by atomic mass is 19.3. The summed E-state index contributed by atoms with van der Waals surface area (Å²) >= 11 is 0. The first-order chi connectivity index (χ1) is 12.3. The van der Waals surface area contributed by atoms with Gasteiger partial charge in [0, 0.05) is 23.9 Å². The highest BCUT2D eigenvalue weighted by molar-refractivity contribution is 5.76. The molecule has 0 unspecified atom stereocenters. The number of hydrogen-bond donors (Lipinski definition) is 2. The number of hydrogen-bond acceptors (Lipinski definition) is 4. The number of aryl methyl sites for hydroxylation is 2. The monoisotopic (exact) mass is 368 g/mol. The lowest BCUT2D eigenvalue weighted by atomic mass is 10.1. The number of nitrogens with zero attached hydrogens (tertiary/aromatic N) is 2. The number of alkyl halides is 2. The minimum absolute atomic E-state index is 0.207. The van der Waals surface area contributed by atoms with Crippen LogP contribution in [0, 0.1) is 13.8 Å². The predicted octanol–water partition coefficient (Wildman–Crippen LogP) is 1.85. The zero-order valence-electron chi connectivity index (χ0n) is 14.7. The van der Waals surface area contributed by atoms with Crippen LogP contribution in [0.5, 0.6) is 0 Å². The Hall–Kier alpha value is -2.29. The molecule has 0 aromatic carbocycles. The summed E-state index contributed by atoms with van der Waals surface area (Å²) in [6.45, 7) is 0.861. The normalized spacial score (nSPS) is 20.2. The van der Waals surface area contributed by atoms with Crippen LogP contribution < -0.4 is 10.9 Å². The van der Waals surface area contributed by atoms with Gasteiger partial charge in [-0.05, 0) is 45.1 Å². The molecule has 7 nitrogen and oxygen atoms in total. The molecule has 0 spiro atoms. The molecular weight excluding hydrogens is 346 g/mol. The number of halogens is 2. The van der Waals surface area contributed by atoms with E-state index in [0.717, 1.165) is 23.4 Å². The van der Waals surface area contributed by atoms with Crippen LogP contribution in [0.3, 0.4) is 0 Å². The molecule has 1 saturated carbocycles. The van der Waals surface area contributed by atoms with Crippen LogP contribution in [0.2, 0.25) is 0 Å². The molecule has 26 heavy (non-hydrogen) atoms. The average molecular weight is 368 g/mol. The van der Waals surface area contributed by atoms with Crippen molar-refractivity contribution in [3.05, 3.63) is 33.4 Å². The van der Waals surface area contributed by atoms with Crippen LogP contribution >= 0.6 is 0 Å². The molecule has 1 aliphatic carbocycles. The maximum atomic E-state index is 12.4. The number of aromatic nitrogens is 3. The highest BCUT2D eigenvalue weighted by Gasteiger charge is 2.31. The zero-order valence-corrected chi connectivity index (χ0v) is 14.7. The molecule has 0 bridgehead atoms. The molecule has 0 radical (unpaired) electrons. The first-order valence-electron chi connectivity index (χ1n) is 8.66. The molecule has 2 heterocycles. The number of rotatable bonds is 6. The third-order valence-corrected chi connectivity index (χ3v) is 4.88. The van der Waals surface area contributed by atoms with Gasteiger partial charge in [0.2, 0.25) is 5.91 Å². The Kier molecular flexibility index (Phi) is 5.36. The van der Waals surface area contributed by atoms with E-state index in [2.05, 4.69) is 20.1 Å². The van der Waals surface area contributed by atoms with Gasteiger partial charge in [0.05, 0.1) is 12.1 Å². The third kappa shape index (κ3) is 3.92. The molecule has 3 rings (SSSR count). The molecule has 1 aliphatic rings. The van der Waals surface area contributed by atoms with Crippen molar-refractivity contribution < 1.29 is 18.3 Å². The molecule has 2 aromatic rings. The van der Waals surface area contributed by atoms with E-state index in [9.17, 15) is 18.4 Å². The molecule has 142 valence electrons. The fourth-order valence-corrected chi connectivity index (χ4v) is 3.62. The van der Waals surface area contributed by atoms with Crippen molar-refractivity contribution in [1.29, 1.82) is 0 Å². The fraction of sp³-hybridized carbons (Fsp3) is 0.588. The molecule has 2 N–H and O–H groups in total. The number of fused-ring (bicyclic) bond motifs is 1. The number of carbonyl (C=O) groups is 1. The quantitative estimate of drug-likeness (QED) is 0.814. The van der Waals surface area contributed by atoms with E-state index in [4.69, 9.17) is 0 Å². The van der Waals surface area contributed by atoms with Gasteiger partial charge >= 0.3 is 6.61 Å². The van der Waals surface area contributed by atoms with E-state index in [-0.39, 0.29) is 23.9 Å². The smallest absolute Gasteiger partial charge is 0.345 e. The first kappa shape index (κ1) is 18.5. The second kappa shape index (κ2) is 7.53. The van der Waals surface area contributed by atoms with Gasteiger partial charge in [0.1, 0.15) is 0 Å². The second-order valence-corrected chi connectivity index (χ2v) is 6.62. The summed E-state index contributed by atoms with van der Waals surface area (Å²) in [5, 5.41) is 5.48. The van der Waals surface area contributed by atoms with Crippen molar-refractivity contribution in [3.63, 3.8) is 0 Å². The Morgan fingerprint density at radius 2 is 2.23 bits per heavy atom. The van der Waals surface area contributed by atoms with Crippen LogP contribution in [0.15, 0.2) is 10.9 Å². The van der Waals surface area contributed by atoms with E-state index in [1.807, 2.05) is 13.8 Å². The van der Waals surface area contributed by atoms with Crippen LogP contribution in [-0.2, 0) is 16.0 Å². The third-order valence-electron chi connectivity index (χ3n) is 4.88. The largest absolute Gasteiger partial charge is 0.351 e. The first-order valence-corrected chi connectivity index (χ1v) is 8.66. The summed E-state index contributed by atoms with van der Waals surface area (Å²) in [4.78, 5) is 28.1. The van der Waals surface area contributed by atoms with E-state index in [0.29, 0.717) is 24.9 Å². The lowest BCUT2D eigenvalue weighted by Gasteiger charge is -2.21. The molecule has 0 aliphatic heterocycles. The van der Waals surface area contributed by atoms with Crippen molar-refractivity contribution in [3.8, 4) is 0 Å². The van der Waals surface area contributed by atoms with Gasteiger partial charge in [-0.15, -0.1) is 0 Å². The second-order valence-electron chi connectivity index (χ2n) is 6.62. The van der Waals surface area contributed by atoms with E-state index in [1.54, 1.807) is 4.52 Å². The average Bonchev–Trinajstić information content (AvgIpc) is 3.13. The lowest BCUT2D eigenvalue weighted by Crippen LogP contribution is -2.41. The van der Waals surface area contributed by atoms with Gasteiger partial charge in [-0.3, -0.25) is 14.7 Å². The molecule has 1 fully saturated rings. The summed E-state index contributed by atoms with van der Waals surface area (Å²) in [5.41, 5.74) is 2.76. The van der Waals surface area contributed by atoms with Gasteiger partial charge in [-0.25, -0.2) is 9.50 Å². The number of ether oxygens (including phenoxy) is 1. The molecule has 9 heteroatoms. The molecule has 0 saturated heterocycles. The number of H-pyrrole nitrogens is 1. The SMILES string of the molecule is Cc1nc2cc(=O)[nH]n2c(C)c1CCC(=O)N[C@@H]1CCC[C@H]1OC(F)F. The van der Waals surface area contributed by atoms with Crippen molar-refractivity contribution in [1.82, 2.24) is 19.9 Å². The van der Waals surface area contributed by atoms with Crippen LogP contribution in [0.4, 0.5) is 8.78 Å². The maximum Gasteiger partial charge on any atom is 0.345 e. The highest BCUT2D eigenvalue weighted by Crippen LogP contribution is 2.24. The van der Waals surface area contributed by atoms with Crippen molar-refractivity contribution in [2.24, 2.45) is 0 Å². The Labute approximate surface area is 148 Å². The minimum Gasteiger partial charge on any atom is -0.351 e. The summed E-state index contributed by atoms with van der Waals surface area (Å²) in [6, 6.07) is 1.04. The van der Waals surface area contributed by atoms with Gasteiger partial charge in [-0.1, -0.05) is 0 Å². The molecule has 2 atom stereocenters. The predicted molar refractivity (Wildman–Crippen MR) is 90.3 cm³/mol. The number of carbonyl (C=O) groups excluding carboxylic acids is 1. The molecule has 1 amide bonds. The molecule has 2 aromatic heterocycles. The fourth-order valence-electron chi connectivity index (χ4n) is 3.62. The number of amides is 1. The van der Waals surface area contributed by atoms with Crippen molar-refractivity contribution in [2.75, 3.05) is 0 Å². The number of nitrogens with one attached hydrogen (secondary N) is 2. The zero-order chi connectivity index (χ0) is 18.8. The standard InChI is InChI=1S/C17H22F2N4O3/c1-9-11(10(2)23-14(20-9)8-16(25)22-23)6-7-15(24)21-12-4-3-5-13(12)26-17(18)19/h8,12-13,17H,3-7H2,1-2H3,(H,21,24)(H,22,25)/t12-,13-/m1/s1. The van der Waals surface area contributed by atoms with E-state index >= 15 is 0 Å². The summed E-state index contributed by atoms with van der Waals surface area (Å²) in [5.74, 6) is -0.209. The van der Waals surface area contributed by atoms with E-state index in [1.165, 1.54) is 6.07 Å². The topological polar surface area (TPSA) is 88.5 Å². The summed E-state index contributed by atoms with van der Waals surface area (Å²) in [6.07, 6.45) is 1.93. The Morgan fingerprint density at radius 3 is 2.96 bits per heavy atom. The van der Waals surface area contributed by atoms with Gasteiger partial charge in [0.25, 0.3) is 5.56 Å². The van der Waals surface area contributed by atoms with E-state index < -0.39 is 12.7 Å². The van der Waals surface area contributed by atoms with Gasteiger partial charge < -0.3 is 10.1 Å². The maximum absolute atomic E-state index is 12.4. The van der Waals surface area contributed by atoms with Crippen LogP contribution in [-0.4, -0.2) is 39.3 Å². The Balaban J connectivity index is 1.64. The van der Waals surface area contributed by atoms with Gasteiger partial charge in [-0.2, -0.15) is 8.78 Å². The Bertz CT molecular complexity index is 862. The summed E-state index contributed by atoms with van der Waals surface area (Å²) in [7, 11) is 0. The van der Waals surface area contributed by atoms with Gasteiger partial charge in [0.15, 0.2) is 5.65 Å². The van der Waals surface area contributed by atoms with Crippen molar-refractivity contribution in [2.45, 2.75) is 64.7 Å². The van der Waals surface area contributed by atoms with Crippen molar-refractivity contribution >= 4 is 11.6 Å². The Morgan fingerprint density at radius 1 is 1.46 bits per heavy atom. The number of aromatic amines is 1. The van der Waals surface area contributed by atoms with Crippen LogP contribution in [0.25, 0.3) is 5.65 Å². The lowest BCUT2D eigenvalue weighted by molar-refractivity contribution is -0.167. The minimum atomic E-state index is -2.83. The van der Waals surface area contributed by atoms with Crippen LogP contribution in [0.1, 0.15) is 42.6 Å².